The van der Waals surface area contributed by atoms with Gasteiger partial charge in [-0.05, 0) is 41.8 Å². The number of amides is 1. The van der Waals surface area contributed by atoms with Gasteiger partial charge in [-0.3, -0.25) is 13.9 Å². The van der Waals surface area contributed by atoms with Gasteiger partial charge in [0.2, 0.25) is 0 Å². The topological polar surface area (TPSA) is 229 Å². The molecule has 39 heavy (non-hydrogen) atoms. The number of halogens is 1. The Hall–Kier alpha value is -3.35. The number of hydrogen-bond acceptors (Lipinski definition) is 11. The largest absolute Gasteiger partial charge is 0.505 e. The van der Waals surface area contributed by atoms with Gasteiger partial charge in [0.1, 0.15) is 16.5 Å². The number of azo groups is 1. The Morgan fingerprint density at radius 3 is 2.26 bits per heavy atom. The van der Waals surface area contributed by atoms with E-state index in [-0.39, 0.29) is 39.3 Å². The van der Waals surface area contributed by atoms with Gasteiger partial charge in [-0.25, -0.2) is 8.42 Å². The van der Waals surface area contributed by atoms with Crippen LogP contribution < -0.4 is 10.6 Å². The third-order valence-electron chi connectivity index (χ3n) is 5.18. The van der Waals surface area contributed by atoms with Crippen molar-refractivity contribution >= 4 is 75.4 Å². The van der Waals surface area contributed by atoms with Gasteiger partial charge < -0.3 is 15.7 Å². The summed E-state index contributed by atoms with van der Waals surface area (Å²) in [5.41, 5.74) is -0.759. The molecule has 0 bridgehead atoms. The highest BCUT2D eigenvalue weighted by Crippen LogP contribution is 2.45. The Morgan fingerprint density at radius 1 is 0.974 bits per heavy atom. The first kappa shape index (κ1) is 30.2. The van der Waals surface area contributed by atoms with Crippen LogP contribution >= 0.6 is 11.6 Å². The van der Waals surface area contributed by atoms with Crippen LogP contribution in [0.15, 0.2) is 62.5 Å². The van der Waals surface area contributed by atoms with E-state index >= 15 is 0 Å². The van der Waals surface area contributed by atoms with Crippen LogP contribution in [0.2, 0.25) is 0 Å². The van der Waals surface area contributed by atoms with E-state index in [4.69, 9.17) is 11.6 Å². The second kappa shape index (κ2) is 11.4. The van der Waals surface area contributed by atoms with Crippen molar-refractivity contribution in [2.45, 2.75) is 9.79 Å². The molecular formula is C21H21ClN4O10S3. The number of rotatable bonds is 10. The molecule has 3 aromatic rings. The van der Waals surface area contributed by atoms with Crippen LogP contribution in [-0.2, 0) is 30.1 Å². The van der Waals surface area contributed by atoms with Gasteiger partial charge in [-0.2, -0.15) is 21.9 Å². The summed E-state index contributed by atoms with van der Waals surface area (Å²) >= 11 is 5.43. The summed E-state index contributed by atoms with van der Waals surface area (Å²) in [6.07, 6.45) is 0. The van der Waals surface area contributed by atoms with E-state index in [1.54, 1.807) is 0 Å². The number of nitrogens with zero attached hydrogens (tertiary/aromatic N) is 2. The fourth-order valence-electron chi connectivity index (χ4n) is 3.38. The van der Waals surface area contributed by atoms with Crippen molar-refractivity contribution in [1.29, 1.82) is 0 Å². The Kier molecular flexibility index (Phi) is 8.83. The molecule has 0 heterocycles. The van der Waals surface area contributed by atoms with E-state index in [9.17, 15) is 44.3 Å². The van der Waals surface area contributed by atoms with Crippen LogP contribution in [-0.4, -0.2) is 69.9 Å². The number of fused-ring (bicyclic) bond motifs is 1. The van der Waals surface area contributed by atoms with E-state index in [1.165, 1.54) is 31.3 Å². The van der Waals surface area contributed by atoms with E-state index in [0.29, 0.717) is 0 Å². The molecule has 0 fully saturated rings. The molecule has 1 amide bonds. The van der Waals surface area contributed by atoms with Gasteiger partial charge in [0.05, 0.1) is 16.3 Å². The van der Waals surface area contributed by atoms with E-state index in [2.05, 4.69) is 20.9 Å². The monoisotopic (exact) mass is 620 g/mol. The van der Waals surface area contributed by atoms with Gasteiger partial charge in [-0.1, -0.05) is 6.07 Å². The van der Waals surface area contributed by atoms with Crippen LogP contribution in [0.4, 0.5) is 17.1 Å². The Labute approximate surface area is 228 Å². The Morgan fingerprint density at radius 2 is 1.67 bits per heavy atom. The average molecular weight is 621 g/mol. The van der Waals surface area contributed by atoms with Crippen molar-refractivity contribution in [3.8, 4) is 5.75 Å². The maximum Gasteiger partial charge on any atom is 0.296 e. The standard InChI is InChI=1S/C21H21ClN4O10S3/c1-23-16-10-15(38(31,32)33)8-13-9-17(39(34,35)36)19(20(27)18(13)16)26-25-14-4-2-3-12(7-14)21(28)24-11-37(29,30)6-5-22/h2-4,7-10,23,27H,5-6,11H2,1H3,(H,24,28)(H,31,32,33)(H,34,35,36). The molecule has 14 nitrogen and oxygen atoms in total. The number of carbonyl (C=O) groups is 1. The minimum atomic E-state index is -5.04. The fourth-order valence-corrected chi connectivity index (χ4v) is 6.02. The number of phenolic OH excluding ortho intramolecular Hbond substituents is 1. The van der Waals surface area contributed by atoms with Crippen molar-refractivity contribution < 1.29 is 44.3 Å². The number of carbonyl (C=O) groups excluding carboxylic acids is 1. The molecule has 3 rings (SSSR count). The molecule has 0 unspecified atom stereocenters. The smallest absolute Gasteiger partial charge is 0.296 e. The van der Waals surface area contributed by atoms with Gasteiger partial charge in [-0.15, -0.1) is 16.7 Å². The molecule has 210 valence electrons. The zero-order chi connectivity index (χ0) is 29.2. The molecule has 0 radical (unpaired) electrons. The molecule has 18 heteroatoms. The van der Waals surface area contributed by atoms with Crippen molar-refractivity contribution in [2.75, 3.05) is 29.9 Å². The van der Waals surface area contributed by atoms with Crippen LogP contribution in [0.1, 0.15) is 10.4 Å². The third-order valence-corrected chi connectivity index (χ3v) is 8.70. The van der Waals surface area contributed by atoms with Crippen molar-refractivity contribution in [3.63, 3.8) is 0 Å². The summed E-state index contributed by atoms with van der Waals surface area (Å²) in [7, 11) is -12.0. The molecule has 5 N–H and O–H groups in total. The Bertz CT molecular complexity index is 1810. The summed E-state index contributed by atoms with van der Waals surface area (Å²) in [6, 6.07) is 8.02. The molecule has 0 saturated heterocycles. The second-order valence-electron chi connectivity index (χ2n) is 7.88. The van der Waals surface area contributed by atoms with Gasteiger partial charge >= 0.3 is 0 Å². The van der Waals surface area contributed by atoms with Crippen molar-refractivity contribution in [1.82, 2.24) is 5.32 Å². The quantitative estimate of drug-likeness (QED) is 0.126. The molecule has 0 aliphatic heterocycles. The summed E-state index contributed by atoms with van der Waals surface area (Å²) in [4.78, 5) is 10.8. The third kappa shape index (κ3) is 7.20. The molecule has 0 aliphatic carbocycles. The lowest BCUT2D eigenvalue weighted by Gasteiger charge is -2.13. The predicted molar refractivity (Wildman–Crippen MR) is 142 cm³/mol. The predicted octanol–water partition coefficient (Wildman–Crippen LogP) is 2.84. The lowest BCUT2D eigenvalue weighted by molar-refractivity contribution is 0.0960. The zero-order valence-electron chi connectivity index (χ0n) is 19.9. The number of hydrogen-bond donors (Lipinski definition) is 5. The van der Waals surface area contributed by atoms with E-state index < -0.39 is 63.1 Å². The highest BCUT2D eigenvalue weighted by atomic mass is 35.5. The number of nitrogens with one attached hydrogen (secondary N) is 2. The maximum absolute atomic E-state index is 12.4. The summed E-state index contributed by atoms with van der Waals surface area (Å²) in [6.45, 7) is 0. The highest BCUT2D eigenvalue weighted by molar-refractivity contribution is 7.91. The zero-order valence-corrected chi connectivity index (χ0v) is 23.1. The number of benzene rings is 3. The molecular weight excluding hydrogens is 600 g/mol. The first-order valence-corrected chi connectivity index (χ1v) is 15.8. The minimum absolute atomic E-state index is 0.0115. The van der Waals surface area contributed by atoms with Crippen LogP contribution in [0.3, 0.4) is 0 Å². The normalized spacial score (nSPS) is 12.6. The fraction of sp³-hybridized carbons (Fsp3) is 0.190. The number of anilines is 1. The molecule has 0 spiro atoms. The van der Waals surface area contributed by atoms with Gasteiger partial charge in [0.25, 0.3) is 26.1 Å². The second-order valence-corrected chi connectivity index (χ2v) is 13.3. The molecule has 0 aliphatic rings. The maximum atomic E-state index is 12.4. The average Bonchev–Trinajstić information content (AvgIpc) is 2.84. The van der Waals surface area contributed by atoms with E-state index in [1.807, 2.05) is 0 Å². The number of alkyl halides is 1. The number of sulfone groups is 1. The van der Waals surface area contributed by atoms with Crippen molar-refractivity contribution in [2.24, 2.45) is 10.2 Å². The van der Waals surface area contributed by atoms with Gasteiger partial charge in [0, 0.05) is 29.6 Å². The lowest BCUT2D eigenvalue weighted by Crippen LogP contribution is -2.31. The number of phenols is 1. The SMILES string of the molecule is CNc1cc(S(=O)(=O)O)cc2cc(S(=O)(=O)O)c(N=Nc3cccc(C(=O)NCS(=O)(=O)CCCl)c3)c(O)c12. The Balaban J connectivity index is 2.09. The van der Waals surface area contributed by atoms with Crippen LogP contribution in [0.25, 0.3) is 10.8 Å². The highest BCUT2D eigenvalue weighted by Gasteiger charge is 2.25. The lowest BCUT2D eigenvalue weighted by atomic mass is 10.1. The first-order chi connectivity index (χ1) is 18.1. The summed E-state index contributed by atoms with van der Waals surface area (Å²) < 4.78 is 90.1. The first-order valence-electron chi connectivity index (χ1n) is 10.6. The number of aromatic hydroxyl groups is 1. The van der Waals surface area contributed by atoms with Crippen molar-refractivity contribution in [3.05, 3.63) is 48.0 Å². The molecule has 0 saturated carbocycles. The molecule has 3 aromatic carbocycles. The summed E-state index contributed by atoms with van der Waals surface area (Å²) in [5, 5.41) is 23.0. The molecule has 0 aromatic heterocycles. The molecule has 0 atom stereocenters. The van der Waals surface area contributed by atoms with Gasteiger partial charge in [0.15, 0.2) is 15.6 Å². The minimum Gasteiger partial charge on any atom is -0.505 e. The summed E-state index contributed by atoms with van der Waals surface area (Å²) in [5.74, 6) is -2.68. The van der Waals surface area contributed by atoms with Crippen LogP contribution in [0, 0.1) is 0 Å². The van der Waals surface area contributed by atoms with E-state index in [0.717, 1.165) is 18.2 Å². The van der Waals surface area contributed by atoms with Crippen LogP contribution in [0.5, 0.6) is 5.75 Å².